The predicted molar refractivity (Wildman–Crippen MR) is 63.4 cm³/mol. The molecule has 3 rings (SSSR count). The van der Waals surface area contributed by atoms with Crippen LogP contribution < -0.4 is 4.90 Å². The summed E-state index contributed by atoms with van der Waals surface area (Å²) in [6.07, 6.45) is 1.15. The number of anilines is 1. The quantitative estimate of drug-likeness (QED) is 0.773. The lowest BCUT2D eigenvalue weighted by Crippen LogP contribution is -2.38. The van der Waals surface area contributed by atoms with Crippen LogP contribution in [0.5, 0.6) is 0 Å². The minimum Gasteiger partial charge on any atom is -0.477 e. The molecule has 2 heterocycles. The Labute approximate surface area is 108 Å². The summed E-state index contributed by atoms with van der Waals surface area (Å²) in [5, 5.41) is 12.9. The van der Waals surface area contributed by atoms with Gasteiger partial charge < -0.3 is 5.11 Å². The summed E-state index contributed by atoms with van der Waals surface area (Å²) in [5.74, 6) is -2.49. The zero-order valence-electron chi connectivity index (χ0n) is 10.7. The molecule has 1 aromatic rings. The van der Waals surface area contributed by atoms with Gasteiger partial charge in [0.1, 0.15) is 5.56 Å². The summed E-state index contributed by atoms with van der Waals surface area (Å²) in [4.78, 5) is 36.6. The lowest BCUT2D eigenvalue weighted by atomic mass is 10.1. The SMILES string of the molecule is Cn1ncc(C(=O)O)c1N1C(=O)C2C(C1=O)C2(C)C. The molecule has 100 valence electrons. The van der Waals surface area contributed by atoms with Crippen LogP contribution in [0.15, 0.2) is 6.20 Å². The highest BCUT2D eigenvalue weighted by Crippen LogP contribution is 2.63. The van der Waals surface area contributed by atoms with Gasteiger partial charge in [0.15, 0.2) is 5.82 Å². The number of nitrogens with zero attached hydrogens (tertiary/aromatic N) is 3. The fourth-order valence-electron chi connectivity index (χ4n) is 3.00. The smallest absolute Gasteiger partial charge is 0.341 e. The van der Waals surface area contributed by atoms with Gasteiger partial charge in [-0.1, -0.05) is 13.8 Å². The highest BCUT2D eigenvalue weighted by atomic mass is 16.4. The summed E-state index contributed by atoms with van der Waals surface area (Å²) in [6, 6.07) is 0. The van der Waals surface area contributed by atoms with Gasteiger partial charge in [0.2, 0.25) is 11.8 Å². The molecule has 1 aliphatic carbocycles. The van der Waals surface area contributed by atoms with Gasteiger partial charge in [-0.05, 0) is 5.41 Å². The summed E-state index contributed by atoms with van der Waals surface area (Å²) in [7, 11) is 1.51. The fourth-order valence-corrected chi connectivity index (χ4v) is 3.00. The van der Waals surface area contributed by atoms with Crippen LogP contribution in [0.4, 0.5) is 5.82 Å². The number of aryl methyl sites for hydroxylation is 1. The number of carboxylic acid groups (broad SMARTS) is 1. The minimum absolute atomic E-state index is 0.0468. The molecule has 0 aromatic carbocycles. The van der Waals surface area contributed by atoms with E-state index in [2.05, 4.69) is 5.10 Å². The van der Waals surface area contributed by atoms with E-state index in [0.717, 1.165) is 11.1 Å². The molecule has 7 nitrogen and oxygen atoms in total. The van der Waals surface area contributed by atoms with E-state index in [4.69, 9.17) is 5.11 Å². The van der Waals surface area contributed by atoms with E-state index in [1.165, 1.54) is 11.7 Å². The Kier molecular flexibility index (Phi) is 2.02. The molecule has 19 heavy (non-hydrogen) atoms. The van der Waals surface area contributed by atoms with E-state index in [9.17, 15) is 14.4 Å². The van der Waals surface area contributed by atoms with Gasteiger partial charge in [-0.3, -0.25) is 14.3 Å². The Morgan fingerprint density at radius 1 is 1.32 bits per heavy atom. The number of rotatable bonds is 2. The third kappa shape index (κ3) is 1.27. The third-order valence-electron chi connectivity index (χ3n) is 4.15. The standard InChI is InChI=1S/C12H13N3O4/c1-12(2)6-7(12)10(17)15(9(6)16)8-5(11(18)19)4-13-14(8)3/h4,6-7H,1-3H3,(H,18,19). The average molecular weight is 263 g/mol. The van der Waals surface area contributed by atoms with E-state index in [1.807, 2.05) is 13.8 Å². The van der Waals surface area contributed by atoms with Crippen LogP contribution >= 0.6 is 0 Å². The highest BCUT2D eigenvalue weighted by Gasteiger charge is 2.73. The fraction of sp³-hybridized carbons (Fsp3) is 0.500. The number of fused-ring (bicyclic) bond motifs is 1. The number of piperidine rings is 1. The van der Waals surface area contributed by atoms with Gasteiger partial charge in [-0.2, -0.15) is 5.10 Å². The second-order valence-electron chi connectivity index (χ2n) is 5.60. The molecular formula is C12H13N3O4. The Balaban J connectivity index is 2.07. The van der Waals surface area contributed by atoms with Crippen LogP contribution in [0, 0.1) is 17.3 Å². The van der Waals surface area contributed by atoms with E-state index in [-0.39, 0.29) is 40.4 Å². The second kappa shape index (κ2) is 3.23. The first-order valence-corrected chi connectivity index (χ1v) is 5.91. The molecule has 7 heteroatoms. The van der Waals surface area contributed by atoms with Crippen LogP contribution in [0.2, 0.25) is 0 Å². The molecule has 0 radical (unpaired) electrons. The van der Waals surface area contributed by atoms with E-state index >= 15 is 0 Å². The Hall–Kier alpha value is -2.18. The normalized spacial score (nSPS) is 27.6. The van der Waals surface area contributed by atoms with Crippen molar-refractivity contribution in [3.63, 3.8) is 0 Å². The topological polar surface area (TPSA) is 92.5 Å². The van der Waals surface area contributed by atoms with E-state index < -0.39 is 5.97 Å². The monoisotopic (exact) mass is 263 g/mol. The predicted octanol–water partition coefficient (Wildman–Crippen LogP) is 0.264. The zero-order chi connectivity index (χ0) is 14.1. The van der Waals surface area contributed by atoms with Crippen LogP contribution in [-0.2, 0) is 16.6 Å². The number of amides is 2. The first-order valence-electron chi connectivity index (χ1n) is 5.91. The summed E-state index contributed by atoms with van der Waals surface area (Å²) < 4.78 is 1.25. The second-order valence-corrected chi connectivity index (χ2v) is 5.60. The molecule has 2 atom stereocenters. The molecule has 2 fully saturated rings. The molecule has 1 aliphatic heterocycles. The molecule has 1 saturated heterocycles. The van der Waals surface area contributed by atoms with Gasteiger partial charge in [-0.15, -0.1) is 0 Å². The molecule has 2 amide bonds. The van der Waals surface area contributed by atoms with E-state index in [1.54, 1.807) is 0 Å². The average Bonchev–Trinajstić information content (AvgIpc) is 2.57. The van der Waals surface area contributed by atoms with Gasteiger partial charge in [0.25, 0.3) is 0 Å². The van der Waals surface area contributed by atoms with Gasteiger partial charge in [0, 0.05) is 7.05 Å². The number of hydrogen-bond donors (Lipinski definition) is 1. The van der Waals surface area contributed by atoms with Crippen LogP contribution in [-0.4, -0.2) is 32.7 Å². The molecule has 1 N–H and O–H groups in total. The number of carbonyl (C=O) groups excluding carboxylic acids is 2. The van der Waals surface area contributed by atoms with Gasteiger partial charge in [0.05, 0.1) is 18.0 Å². The molecular weight excluding hydrogens is 250 g/mol. The number of aromatic carboxylic acids is 1. The maximum Gasteiger partial charge on any atom is 0.341 e. The maximum absolute atomic E-state index is 12.3. The number of carboxylic acids is 1. The van der Waals surface area contributed by atoms with Crippen molar-refractivity contribution >= 4 is 23.6 Å². The highest BCUT2D eigenvalue weighted by molar-refractivity contribution is 6.26. The van der Waals surface area contributed by atoms with Crippen molar-refractivity contribution < 1.29 is 19.5 Å². The van der Waals surface area contributed by atoms with Crippen LogP contribution in [0.1, 0.15) is 24.2 Å². The molecule has 1 aromatic heterocycles. The van der Waals surface area contributed by atoms with Crippen molar-refractivity contribution in [2.75, 3.05) is 4.90 Å². The van der Waals surface area contributed by atoms with Crippen molar-refractivity contribution in [1.82, 2.24) is 9.78 Å². The van der Waals surface area contributed by atoms with Crippen molar-refractivity contribution in [3.8, 4) is 0 Å². The number of aromatic nitrogens is 2. The Morgan fingerprint density at radius 2 is 1.84 bits per heavy atom. The molecule has 0 spiro atoms. The summed E-state index contributed by atoms with van der Waals surface area (Å²) in [6.45, 7) is 3.74. The number of hydrogen-bond acceptors (Lipinski definition) is 4. The van der Waals surface area contributed by atoms with Crippen molar-refractivity contribution in [1.29, 1.82) is 0 Å². The first-order chi connectivity index (χ1) is 8.78. The molecule has 0 bridgehead atoms. The lowest BCUT2D eigenvalue weighted by molar-refractivity contribution is -0.125. The number of carbonyl (C=O) groups is 3. The Morgan fingerprint density at radius 3 is 2.32 bits per heavy atom. The van der Waals surface area contributed by atoms with Gasteiger partial charge >= 0.3 is 5.97 Å². The number of imide groups is 1. The minimum atomic E-state index is -1.21. The largest absolute Gasteiger partial charge is 0.477 e. The molecule has 1 saturated carbocycles. The van der Waals surface area contributed by atoms with Crippen molar-refractivity contribution in [3.05, 3.63) is 11.8 Å². The zero-order valence-corrected chi connectivity index (χ0v) is 10.7. The van der Waals surface area contributed by atoms with E-state index in [0.29, 0.717) is 0 Å². The molecule has 2 aliphatic rings. The van der Waals surface area contributed by atoms with Crippen molar-refractivity contribution in [2.24, 2.45) is 24.3 Å². The summed E-state index contributed by atoms with van der Waals surface area (Å²) >= 11 is 0. The Bertz CT molecular complexity index is 607. The van der Waals surface area contributed by atoms with Gasteiger partial charge in [-0.25, -0.2) is 9.69 Å². The summed E-state index contributed by atoms with van der Waals surface area (Å²) in [5.41, 5.74) is -0.449. The van der Waals surface area contributed by atoms with Crippen LogP contribution in [0.3, 0.4) is 0 Å². The van der Waals surface area contributed by atoms with Crippen LogP contribution in [0.25, 0.3) is 0 Å². The lowest BCUT2D eigenvalue weighted by Gasteiger charge is -2.20. The third-order valence-corrected chi connectivity index (χ3v) is 4.15. The first kappa shape index (κ1) is 11.9. The van der Waals surface area contributed by atoms with Crippen molar-refractivity contribution in [2.45, 2.75) is 13.8 Å². The maximum atomic E-state index is 12.3. The molecule has 2 unspecified atom stereocenters.